The van der Waals surface area contributed by atoms with Crippen molar-refractivity contribution in [2.75, 3.05) is 6.54 Å². The smallest absolute Gasteiger partial charge is 0.237 e. The summed E-state index contributed by atoms with van der Waals surface area (Å²) in [6, 6.07) is 7.38. The van der Waals surface area contributed by atoms with Crippen LogP contribution in [0.2, 0.25) is 0 Å². The van der Waals surface area contributed by atoms with Crippen LogP contribution >= 0.6 is 0 Å². The topological polar surface area (TPSA) is 92.5 Å². The molecule has 0 bridgehead atoms. The first-order valence-electron chi connectivity index (χ1n) is 8.78. The Bertz CT molecular complexity index is 621. The minimum Gasteiger partial charge on any atom is -0.368 e. The zero-order valence-electron chi connectivity index (χ0n) is 15.0. The number of hydrogen-bond donors (Lipinski definition) is 2. The molecule has 1 aromatic rings. The Balaban J connectivity index is 2.16. The number of nitrogens with zero attached hydrogens (tertiary/aromatic N) is 1. The van der Waals surface area contributed by atoms with E-state index >= 15 is 0 Å². The Labute approximate surface area is 148 Å². The van der Waals surface area contributed by atoms with Crippen molar-refractivity contribution in [2.45, 2.75) is 58.0 Å². The van der Waals surface area contributed by atoms with Gasteiger partial charge < -0.3 is 16.0 Å². The van der Waals surface area contributed by atoms with Crippen LogP contribution in [0.3, 0.4) is 0 Å². The number of primary amides is 1. The summed E-state index contributed by atoms with van der Waals surface area (Å²) >= 11 is 0. The van der Waals surface area contributed by atoms with Crippen LogP contribution in [0.15, 0.2) is 24.3 Å². The monoisotopic (exact) mass is 345 g/mol. The number of aryl methyl sites for hydroxylation is 1. The molecule has 6 heteroatoms. The summed E-state index contributed by atoms with van der Waals surface area (Å²) in [5.74, 6) is -0.850. The average molecular weight is 345 g/mol. The normalized spacial score (nSPS) is 15.6. The van der Waals surface area contributed by atoms with Crippen LogP contribution < -0.4 is 11.1 Å². The van der Waals surface area contributed by atoms with Gasteiger partial charge in [0.05, 0.1) is 19.0 Å². The molecule has 0 saturated heterocycles. The number of carbonyl (C=O) groups excluding carboxylic acids is 3. The molecule has 6 nitrogen and oxygen atoms in total. The lowest BCUT2D eigenvalue weighted by Crippen LogP contribution is -2.45. The van der Waals surface area contributed by atoms with Crippen LogP contribution in [0.4, 0.5) is 0 Å². The van der Waals surface area contributed by atoms with Gasteiger partial charge in [0, 0.05) is 13.0 Å². The lowest BCUT2D eigenvalue weighted by atomic mass is 10.0. The third-order valence-electron chi connectivity index (χ3n) is 4.65. The molecule has 136 valence electrons. The maximum absolute atomic E-state index is 12.9. The van der Waals surface area contributed by atoms with Crippen molar-refractivity contribution in [1.29, 1.82) is 0 Å². The van der Waals surface area contributed by atoms with Gasteiger partial charge >= 0.3 is 0 Å². The Morgan fingerprint density at radius 2 is 1.80 bits per heavy atom. The number of nitrogens with one attached hydrogen (secondary N) is 1. The summed E-state index contributed by atoms with van der Waals surface area (Å²) in [6.45, 7) is 3.35. The SMILES string of the molecule is CC(=O)N[C@@H](CC(=O)N(CC(N)=O)C1CCCC1)c1ccc(C)cc1. The summed E-state index contributed by atoms with van der Waals surface area (Å²) in [6.07, 6.45) is 4.02. The van der Waals surface area contributed by atoms with Crippen molar-refractivity contribution in [2.24, 2.45) is 5.73 Å². The fourth-order valence-electron chi connectivity index (χ4n) is 3.39. The van der Waals surface area contributed by atoms with Gasteiger partial charge in [0.2, 0.25) is 17.7 Å². The number of carbonyl (C=O) groups is 3. The highest BCUT2D eigenvalue weighted by Gasteiger charge is 2.29. The second-order valence-corrected chi connectivity index (χ2v) is 6.79. The van der Waals surface area contributed by atoms with Crippen molar-refractivity contribution in [3.8, 4) is 0 Å². The van der Waals surface area contributed by atoms with Crippen LogP contribution in [0, 0.1) is 6.92 Å². The Morgan fingerprint density at radius 1 is 1.20 bits per heavy atom. The zero-order valence-corrected chi connectivity index (χ0v) is 15.0. The third kappa shape index (κ3) is 5.59. The molecule has 3 N–H and O–H groups in total. The van der Waals surface area contributed by atoms with E-state index in [1.807, 2.05) is 31.2 Å². The summed E-state index contributed by atoms with van der Waals surface area (Å²) in [5.41, 5.74) is 7.32. The maximum atomic E-state index is 12.9. The van der Waals surface area contributed by atoms with Crippen LogP contribution in [0.1, 0.15) is 56.2 Å². The molecular formula is C19H27N3O3. The fraction of sp³-hybridized carbons (Fsp3) is 0.526. The van der Waals surface area contributed by atoms with Gasteiger partial charge in [0.25, 0.3) is 0 Å². The van der Waals surface area contributed by atoms with Crippen molar-refractivity contribution in [3.05, 3.63) is 35.4 Å². The predicted octanol–water partition coefficient (Wildman–Crippen LogP) is 1.82. The molecule has 1 aliphatic carbocycles. The molecule has 0 radical (unpaired) electrons. The molecule has 0 spiro atoms. The number of nitrogens with two attached hydrogens (primary N) is 1. The van der Waals surface area contributed by atoms with Gasteiger partial charge in [-0.05, 0) is 25.3 Å². The predicted molar refractivity (Wildman–Crippen MR) is 95.5 cm³/mol. The van der Waals surface area contributed by atoms with Gasteiger partial charge in [-0.2, -0.15) is 0 Å². The first kappa shape index (κ1) is 19.0. The molecule has 1 aliphatic rings. The van der Waals surface area contributed by atoms with Crippen LogP contribution in [0.5, 0.6) is 0 Å². The van der Waals surface area contributed by atoms with Crippen molar-refractivity contribution in [1.82, 2.24) is 10.2 Å². The molecule has 25 heavy (non-hydrogen) atoms. The number of benzene rings is 1. The van der Waals surface area contributed by atoms with E-state index in [2.05, 4.69) is 5.32 Å². The van der Waals surface area contributed by atoms with Crippen molar-refractivity contribution < 1.29 is 14.4 Å². The largest absolute Gasteiger partial charge is 0.368 e. The number of hydrogen-bond acceptors (Lipinski definition) is 3. The molecule has 3 amide bonds. The molecular weight excluding hydrogens is 318 g/mol. The van der Waals surface area contributed by atoms with E-state index in [4.69, 9.17) is 5.73 Å². The highest BCUT2D eigenvalue weighted by Crippen LogP contribution is 2.26. The van der Waals surface area contributed by atoms with Crippen molar-refractivity contribution >= 4 is 17.7 Å². The lowest BCUT2D eigenvalue weighted by Gasteiger charge is -2.30. The molecule has 1 saturated carbocycles. The Hall–Kier alpha value is -2.37. The molecule has 1 fully saturated rings. The number of amides is 3. The van der Waals surface area contributed by atoms with Gasteiger partial charge in [-0.3, -0.25) is 14.4 Å². The lowest BCUT2D eigenvalue weighted by molar-refractivity contribution is -0.138. The first-order chi connectivity index (χ1) is 11.9. The van der Waals surface area contributed by atoms with E-state index < -0.39 is 11.9 Å². The van der Waals surface area contributed by atoms with Gasteiger partial charge in [-0.15, -0.1) is 0 Å². The number of rotatable bonds is 7. The average Bonchev–Trinajstić information content (AvgIpc) is 3.06. The molecule has 1 aromatic carbocycles. The fourth-order valence-corrected chi connectivity index (χ4v) is 3.39. The minimum absolute atomic E-state index is 0.0653. The molecule has 0 aliphatic heterocycles. The second kappa shape index (κ2) is 8.65. The van der Waals surface area contributed by atoms with Crippen LogP contribution in [-0.4, -0.2) is 35.2 Å². The Morgan fingerprint density at radius 3 is 2.32 bits per heavy atom. The third-order valence-corrected chi connectivity index (χ3v) is 4.65. The Kier molecular flexibility index (Phi) is 6.56. The van der Waals surface area contributed by atoms with Gasteiger partial charge in [0.15, 0.2) is 0 Å². The summed E-state index contributed by atoms with van der Waals surface area (Å²) in [7, 11) is 0. The summed E-state index contributed by atoms with van der Waals surface area (Å²) in [4.78, 5) is 37.4. The van der Waals surface area contributed by atoms with E-state index in [1.165, 1.54) is 6.92 Å². The second-order valence-electron chi connectivity index (χ2n) is 6.79. The summed E-state index contributed by atoms with van der Waals surface area (Å²) < 4.78 is 0. The molecule has 0 aromatic heterocycles. The van der Waals surface area contributed by atoms with Gasteiger partial charge in [0.1, 0.15) is 0 Å². The molecule has 0 heterocycles. The molecule has 0 unspecified atom stereocenters. The van der Waals surface area contributed by atoms with E-state index in [9.17, 15) is 14.4 Å². The van der Waals surface area contributed by atoms with E-state index in [0.717, 1.165) is 36.8 Å². The van der Waals surface area contributed by atoms with E-state index in [1.54, 1.807) is 4.90 Å². The van der Waals surface area contributed by atoms with Gasteiger partial charge in [-0.1, -0.05) is 42.7 Å². The van der Waals surface area contributed by atoms with Crippen LogP contribution in [-0.2, 0) is 14.4 Å². The van der Waals surface area contributed by atoms with E-state index in [-0.39, 0.29) is 30.8 Å². The quantitative estimate of drug-likeness (QED) is 0.789. The molecule has 1 atom stereocenters. The van der Waals surface area contributed by atoms with Gasteiger partial charge in [-0.25, -0.2) is 0 Å². The highest BCUT2D eigenvalue weighted by atomic mass is 16.2. The molecule has 2 rings (SSSR count). The summed E-state index contributed by atoms with van der Waals surface area (Å²) in [5, 5.41) is 2.84. The van der Waals surface area contributed by atoms with Crippen molar-refractivity contribution in [3.63, 3.8) is 0 Å². The highest BCUT2D eigenvalue weighted by molar-refractivity contribution is 5.85. The minimum atomic E-state index is -0.508. The zero-order chi connectivity index (χ0) is 18.4. The standard InChI is InChI=1S/C19H27N3O3/c1-13-7-9-15(10-8-13)17(21-14(2)23)11-19(25)22(12-18(20)24)16-5-3-4-6-16/h7-10,16-17H,3-6,11-12H2,1-2H3,(H2,20,24)(H,21,23)/t17-/m0/s1. The van der Waals surface area contributed by atoms with Crippen LogP contribution in [0.25, 0.3) is 0 Å². The maximum Gasteiger partial charge on any atom is 0.237 e. The first-order valence-corrected chi connectivity index (χ1v) is 8.78. The van der Waals surface area contributed by atoms with E-state index in [0.29, 0.717) is 0 Å².